The number of halogens is 1. The molecule has 0 fully saturated rings. The minimum Gasteiger partial charge on any atom is -0.496 e. The second-order valence-corrected chi connectivity index (χ2v) is 7.95. The van der Waals surface area contributed by atoms with Gasteiger partial charge in [-0.1, -0.05) is 60.1 Å². The van der Waals surface area contributed by atoms with E-state index in [4.69, 9.17) is 16.3 Å². The van der Waals surface area contributed by atoms with Crippen LogP contribution in [0.25, 0.3) is 10.9 Å². The zero-order chi connectivity index (χ0) is 21.6. The molecule has 0 unspecified atom stereocenters. The van der Waals surface area contributed by atoms with E-state index in [0.29, 0.717) is 19.4 Å². The molecule has 0 atom stereocenters. The Morgan fingerprint density at radius 1 is 0.968 bits per heavy atom. The summed E-state index contributed by atoms with van der Waals surface area (Å²) in [6.07, 6.45) is 3.28. The number of nitrogens with one attached hydrogen (secondary N) is 1. The van der Waals surface area contributed by atoms with Crippen molar-refractivity contribution in [2.45, 2.75) is 25.9 Å². The fraction of sp³-hybridized carbons (Fsp3) is 0.192. The molecule has 31 heavy (non-hydrogen) atoms. The van der Waals surface area contributed by atoms with Crippen molar-refractivity contribution in [2.75, 3.05) is 7.11 Å². The van der Waals surface area contributed by atoms with Gasteiger partial charge < -0.3 is 14.6 Å². The van der Waals surface area contributed by atoms with Gasteiger partial charge in [0.25, 0.3) is 0 Å². The van der Waals surface area contributed by atoms with Crippen LogP contribution < -0.4 is 10.1 Å². The van der Waals surface area contributed by atoms with E-state index in [0.717, 1.165) is 22.9 Å². The van der Waals surface area contributed by atoms with E-state index in [1.54, 1.807) is 7.11 Å². The number of para-hydroxylation sites is 2. The summed E-state index contributed by atoms with van der Waals surface area (Å²) in [5.41, 5.74) is 4.50. The Labute approximate surface area is 187 Å². The molecule has 0 aliphatic carbocycles. The molecule has 4 nitrogen and oxygen atoms in total. The van der Waals surface area contributed by atoms with Crippen molar-refractivity contribution < 1.29 is 9.53 Å². The van der Waals surface area contributed by atoms with Crippen LogP contribution in [-0.4, -0.2) is 17.6 Å². The number of hydrogen-bond acceptors (Lipinski definition) is 2. The number of carbonyl (C=O) groups excluding carboxylic acids is 1. The standard InChI is InChI=1S/C26H25ClN2O2/c1-31-25-9-5-2-6-20(25)16-28-26(30)15-12-21-18-29(24-8-4-3-7-23(21)24)17-19-10-13-22(27)14-11-19/h2-11,13-14,18H,12,15-17H2,1H3,(H,28,30). The average Bonchev–Trinajstić information content (AvgIpc) is 3.15. The molecule has 0 spiro atoms. The van der Waals surface area contributed by atoms with Crippen molar-refractivity contribution in [3.63, 3.8) is 0 Å². The first-order valence-corrected chi connectivity index (χ1v) is 10.7. The molecule has 4 aromatic rings. The SMILES string of the molecule is COc1ccccc1CNC(=O)CCc1cn(Cc2ccc(Cl)cc2)c2ccccc12. The van der Waals surface area contributed by atoms with Crippen molar-refractivity contribution in [3.05, 3.63) is 101 Å². The molecule has 1 N–H and O–H groups in total. The number of nitrogens with zero attached hydrogens (tertiary/aromatic N) is 1. The van der Waals surface area contributed by atoms with E-state index in [1.165, 1.54) is 22.0 Å². The molecule has 0 saturated carbocycles. The number of aromatic nitrogens is 1. The van der Waals surface area contributed by atoms with E-state index < -0.39 is 0 Å². The summed E-state index contributed by atoms with van der Waals surface area (Å²) in [6, 6.07) is 24.0. The van der Waals surface area contributed by atoms with Gasteiger partial charge in [-0.05, 0) is 41.8 Å². The van der Waals surface area contributed by atoms with Gasteiger partial charge in [0.05, 0.1) is 7.11 Å². The molecular formula is C26H25ClN2O2. The summed E-state index contributed by atoms with van der Waals surface area (Å²) in [5, 5.41) is 4.93. The third-order valence-electron chi connectivity index (χ3n) is 5.43. The summed E-state index contributed by atoms with van der Waals surface area (Å²) in [7, 11) is 1.64. The number of ether oxygens (including phenoxy) is 1. The summed E-state index contributed by atoms with van der Waals surface area (Å²) in [5.74, 6) is 0.813. The third-order valence-corrected chi connectivity index (χ3v) is 5.68. The van der Waals surface area contributed by atoms with Gasteiger partial charge in [0, 0.05) is 47.2 Å². The Morgan fingerprint density at radius 3 is 2.52 bits per heavy atom. The van der Waals surface area contributed by atoms with Crippen LogP contribution in [0.3, 0.4) is 0 Å². The lowest BCUT2D eigenvalue weighted by Crippen LogP contribution is -2.23. The lowest BCUT2D eigenvalue weighted by Gasteiger charge is -2.09. The predicted octanol–water partition coefficient (Wildman–Crippen LogP) is 5.60. The molecule has 158 valence electrons. The van der Waals surface area contributed by atoms with Crippen molar-refractivity contribution in [1.82, 2.24) is 9.88 Å². The van der Waals surface area contributed by atoms with Crippen LogP contribution in [0, 0.1) is 0 Å². The zero-order valence-electron chi connectivity index (χ0n) is 17.5. The van der Waals surface area contributed by atoms with E-state index in [-0.39, 0.29) is 5.91 Å². The highest BCUT2D eigenvalue weighted by Gasteiger charge is 2.11. The van der Waals surface area contributed by atoms with E-state index in [1.807, 2.05) is 60.7 Å². The number of aryl methyl sites for hydroxylation is 1. The maximum absolute atomic E-state index is 12.5. The summed E-state index contributed by atoms with van der Waals surface area (Å²) in [6.45, 7) is 1.22. The Bertz CT molecular complexity index is 1180. The second kappa shape index (κ2) is 9.71. The number of hydrogen-bond donors (Lipinski definition) is 1. The minimum absolute atomic E-state index is 0.0282. The maximum atomic E-state index is 12.5. The Kier molecular flexibility index (Phi) is 6.58. The van der Waals surface area contributed by atoms with Gasteiger partial charge in [0.2, 0.25) is 5.91 Å². The van der Waals surface area contributed by atoms with Crippen molar-refractivity contribution in [2.24, 2.45) is 0 Å². The van der Waals surface area contributed by atoms with Gasteiger partial charge in [-0.15, -0.1) is 0 Å². The van der Waals surface area contributed by atoms with Gasteiger partial charge in [0.15, 0.2) is 0 Å². The van der Waals surface area contributed by atoms with Crippen LogP contribution in [0.4, 0.5) is 0 Å². The molecule has 0 radical (unpaired) electrons. The summed E-state index contributed by atoms with van der Waals surface area (Å²) < 4.78 is 7.59. The molecule has 1 amide bonds. The molecule has 3 aromatic carbocycles. The molecule has 5 heteroatoms. The fourth-order valence-electron chi connectivity index (χ4n) is 3.82. The quantitative estimate of drug-likeness (QED) is 0.393. The van der Waals surface area contributed by atoms with E-state index >= 15 is 0 Å². The van der Waals surface area contributed by atoms with Crippen LogP contribution >= 0.6 is 11.6 Å². The number of fused-ring (bicyclic) bond motifs is 1. The number of amides is 1. The second-order valence-electron chi connectivity index (χ2n) is 7.51. The van der Waals surface area contributed by atoms with Gasteiger partial charge in [-0.3, -0.25) is 4.79 Å². The summed E-state index contributed by atoms with van der Waals surface area (Å²) in [4.78, 5) is 12.5. The van der Waals surface area contributed by atoms with Gasteiger partial charge >= 0.3 is 0 Å². The number of methoxy groups -OCH3 is 1. The molecule has 4 rings (SSSR count). The van der Waals surface area contributed by atoms with Gasteiger partial charge in [0.1, 0.15) is 5.75 Å². The average molecular weight is 433 g/mol. The lowest BCUT2D eigenvalue weighted by molar-refractivity contribution is -0.121. The summed E-state index contributed by atoms with van der Waals surface area (Å²) >= 11 is 6.01. The van der Waals surface area contributed by atoms with Crippen LogP contribution in [0.5, 0.6) is 5.75 Å². The third kappa shape index (κ3) is 5.09. The highest BCUT2D eigenvalue weighted by Crippen LogP contribution is 2.24. The Morgan fingerprint density at radius 2 is 1.71 bits per heavy atom. The van der Waals surface area contributed by atoms with E-state index in [9.17, 15) is 4.79 Å². The monoisotopic (exact) mass is 432 g/mol. The van der Waals surface area contributed by atoms with Gasteiger partial charge in [-0.25, -0.2) is 0 Å². The fourth-order valence-corrected chi connectivity index (χ4v) is 3.94. The molecule has 1 heterocycles. The minimum atomic E-state index is 0.0282. The van der Waals surface area contributed by atoms with Crippen molar-refractivity contribution in [3.8, 4) is 5.75 Å². The molecule has 0 aliphatic rings. The smallest absolute Gasteiger partial charge is 0.220 e. The largest absolute Gasteiger partial charge is 0.496 e. The highest BCUT2D eigenvalue weighted by atomic mass is 35.5. The molecular weight excluding hydrogens is 408 g/mol. The molecule has 0 aliphatic heterocycles. The van der Waals surface area contributed by atoms with Crippen molar-refractivity contribution >= 4 is 28.4 Å². The zero-order valence-corrected chi connectivity index (χ0v) is 18.2. The van der Waals surface area contributed by atoms with Crippen LogP contribution in [-0.2, 0) is 24.3 Å². The van der Waals surface area contributed by atoms with Crippen LogP contribution in [0.1, 0.15) is 23.1 Å². The predicted molar refractivity (Wildman–Crippen MR) is 126 cm³/mol. The number of carbonyl (C=O) groups is 1. The van der Waals surface area contributed by atoms with E-state index in [2.05, 4.69) is 28.2 Å². The highest BCUT2D eigenvalue weighted by molar-refractivity contribution is 6.30. The maximum Gasteiger partial charge on any atom is 0.220 e. The topological polar surface area (TPSA) is 43.3 Å². The van der Waals surface area contributed by atoms with Crippen LogP contribution in [0.15, 0.2) is 79.0 Å². The first-order chi connectivity index (χ1) is 15.1. The normalized spacial score (nSPS) is 10.9. The Hall–Kier alpha value is -3.24. The number of benzene rings is 3. The number of rotatable bonds is 8. The molecule has 0 bridgehead atoms. The van der Waals surface area contributed by atoms with Gasteiger partial charge in [-0.2, -0.15) is 0 Å². The van der Waals surface area contributed by atoms with Crippen LogP contribution in [0.2, 0.25) is 5.02 Å². The Balaban J connectivity index is 1.43. The van der Waals surface area contributed by atoms with Crippen molar-refractivity contribution in [1.29, 1.82) is 0 Å². The lowest BCUT2D eigenvalue weighted by atomic mass is 10.1. The molecule has 1 aromatic heterocycles. The first kappa shape index (κ1) is 21.0. The molecule has 0 saturated heterocycles. The first-order valence-electron chi connectivity index (χ1n) is 10.3.